The minimum absolute atomic E-state index is 0.303. The molecule has 0 saturated carbocycles. The van der Waals surface area contributed by atoms with Gasteiger partial charge in [0.2, 0.25) is 0 Å². The van der Waals surface area contributed by atoms with Crippen molar-refractivity contribution in [3.8, 4) is 81.8 Å². The van der Waals surface area contributed by atoms with Gasteiger partial charge in [0, 0.05) is 102 Å². The summed E-state index contributed by atoms with van der Waals surface area (Å²) < 4.78 is 16.9. The monoisotopic (exact) mass is 1100 g/mol. The molecule has 0 aliphatic carbocycles. The molecule has 10 aromatic carbocycles. The highest BCUT2D eigenvalue weighted by atomic mass is 16.5. The van der Waals surface area contributed by atoms with E-state index in [1.165, 1.54) is 35.6 Å². The van der Waals surface area contributed by atoms with E-state index in [4.69, 9.17) is 14.2 Å². The second-order valence-electron chi connectivity index (χ2n) is 20.0. The van der Waals surface area contributed by atoms with Crippen LogP contribution < -0.4 is 9.47 Å². The van der Waals surface area contributed by atoms with Crippen molar-refractivity contribution >= 4 is 61.0 Å². The zero-order chi connectivity index (χ0) is 58.9. The van der Waals surface area contributed by atoms with Gasteiger partial charge in [0.15, 0.2) is 0 Å². The Morgan fingerprint density at radius 3 is 1.54 bits per heavy atom. The van der Waals surface area contributed by atoms with Gasteiger partial charge in [-0.1, -0.05) is 178 Å². The van der Waals surface area contributed by atoms with E-state index in [1.54, 1.807) is 6.07 Å². The van der Waals surface area contributed by atoms with Crippen LogP contribution in [0.4, 0.5) is 0 Å². The topological polar surface area (TPSA) is 78.9 Å². The minimum Gasteiger partial charge on any atom is -0.463 e. The van der Waals surface area contributed by atoms with Crippen LogP contribution in [0.15, 0.2) is 220 Å². The molecular formula is C79H56O6. The number of fused-ring (bicyclic) bond motifs is 4. The van der Waals surface area contributed by atoms with Gasteiger partial charge in [-0.15, -0.1) is 0 Å². The summed E-state index contributed by atoms with van der Waals surface area (Å²) in [6, 6.07) is 59.6. The third-order valence-electron chi connectivity index (χ3n) is 14.2. The fourth-order valence-corrected chi connectivity index (χ4v) is 9.80. The lowest BCUT2D eigenvalue weighted by atomic mass is 9.93. The lowest BCUT2D eigenvalue weighted by molar-refractivity contribution is -0.137. The van der Waals surface area contributed by atoms with Crippen molar-refractivity contribution in [2.24, 2.45) is 0 Å². The van der Waals surface area contributed by atoms with Gasteiger partial charge in [0.05, 0.1) is 6.61 Å². The molecule has 408 valence electrons. The van der Waals surface area contributed by atoms with Crippen LogP contribution in [0.3, 0.4) is 0 Å². The van der Waals surface area contributed by atoms with E-state index in [1.807, 2.05) is 127 Å². The maximum Gasteiger partial charge on any atom is 0.335 e. The van der Waals surface area contributed by atoms with Gasteiger partial charge in [0.1, 0.15) is 11.5 Å². The Morgan fingerprint density at radius 2 is 0.929 bits per heavy atom. The van der Waals surface area contributed by atoms with Gasteiger partial charge in [-0.3, -0.25) is 0 Å². The van der Waals surface area contributed by atoms with Crippen molar-refractivity contribution in [3.63, 3.8) is 0 Å². The molecule has 0 atom stereocenters. The second kappa shape index (κ2) is 27.4. The smallest absolute Gasteiger partial charge is 0.335 e. The average Bonchev–Trinajstić information content (AvgIpc) is 2.94. The summed E-state index contributed by atoms with van der Waals surface area (Å²) in [5.74, 6) is 32.1. The summed E-state index contributed by atoms with van der Waals surface area (Å²) in [5.41, 5.74) is 10.1. The molecule has 10 rings (SSSR count). The highest BCUT2D eigenvalue weighted by Crippen LogP contribution is 2.42. The number of carbonyl (C=O) groups excluding carboxylic acids is 3. The molecule has 85 heavy (non-hydrogen) atoms. The van der Waals surface area contributed by atoms with E-state index in [9.17, 15) is 14.4 Å². The zero-order valence-corrected chi connectivity index (χ0v) is 47.1. The fraction of sp³-hybridized carbons (Fsp3) is 0.101. The molecule has 0 bridgehead atoms. The summed E-state index contributed by atoms with van der Waals surface area (Å²) >= 11 is 0. The molecular weight excluding hydrogens is 1040 g/mol. The van der Waals surface area contributed by atoms with Crippen molar-refractivity contribution in [1.82, 2.24) is 0 Å². The van der Waals surface area contributed by atoms with Gasteiger partial charge in [-0.2, -0.15) is 0 Å². The molecule has 0 aliphatic rings. The maximum atomic E-state index is 13.1. The van der Waals surface area contributed by atoms with Crippen LogP contribution in [-0.4, -0.2) is 24.5 Å². The van der Waals surface area contributed by atoms with Crippen LogP contribution in [0.1, 0.15) is 94.7 Å². The Labute approximate surface area is 496 Å². The summed E-state index contributed by atoms with van der Waals surface area (Å²) in [4.78, 5) is 37.1. The van der Waals surface area contributed by atoms with Crippen LogP contribution >= 0.6 is 0 Å². The Bertz CT molecular complexity index is 4630. The largest absolute Gasteiger partial charge is 0.463 e. The molecule has 0 spiro atoms. The van der Waals surface area contributed by atoms with Gasteiger partial charge in [0.25, 0.3) is 0 Å². The summed E-state index contributed by atoms with van der Waals surface area (Å²) in [6.07, 6.45) is 9.31. The lowest BCUT2D eigenvalue weighted by Crippen LogP contribution is -2.06. The molecule has 0 fully saturated rings. The molecule has 0 aromatic heterocycles. The predicted octanol–water partition coefficient (Wildman–Crippen LogP) is 16.3. The first kappa shape index (κ1) is 56.9. The summed E-state index contributed by atoms with van der Waals surface area (Å²) in [5, 5.41) is 7.34. The van der Waals surface area contributed by atoms with Gasteiger partial charge in [-0.25, -0.2) is 14.4 Å². The molecule has 0 saturated heterocycles. The molecule has 0 N–H and O–H groups in total. The van der Waals surface area contributed by atoms with E-state index in [-0.39, 0.29) is 0 Å². The Balaban J connectivity index is 0.910. The van der Waals surface area contributed by atoms with E-state index in [0.717, 1.165) is 85.1 Å². The van der Waals surface area contributed by atoms with Crippen LogP contribution in [0, 0.1) is 59.2 Å². The number of hydrogen-bond donors (Lipinski definition) is 0. The van der Waals surface area contributed by atoms with Crippen LogP contribution in [-0.2, 0) is 25.5 Å². The maximum absolute atomic E-state index is 13.1. The number of esters is 3. The third kappa shape index (κ3) is 14.2. The van der Waals surface area contributed by atoms with E-state index < -0.39 is 17.9 Å². The third-order valence-corrected chi connectivity index (χ3v) is 14.2. The molecule has 0 unspecified atom stereocenters. The number of ether oxygens (including phenoxy) is 3. The molecule has 0 radical (unpaired) electrons. The number of aryl methyl sites for hydroxylation is 1. The zero-order valence-electron chi connectivity index (χ0n) is 47.1. The number of unbranched alkanes of at least 4 members (excludes halogenated alkanes) is 3. The highest BCUT2D eigenvalue weighted by Gasteiger charge is 2.19. The van der Waals surface area contributed by atoms with Crippen molar-refractivity contribution < 1.29 is 28.6 Å². The normalized spacial score (nSPS) is 10.3. The molecule has 6 nitrogen and oxygen atoms in total. The van der Waals surface area contributed by atoms with Crippen molar-refractivity contribution in [3.05, 3.63) is 276 Å². The molecule has 6 heteroatoms. The van der Waals surface area contributed by atoms with Gasteiger partial charge < -0.3 is 14.2 Å². The molecule has 10 aromatic rings. The predicted molar refractivity (Wildman–Crippen MR) is 344 cm³/mol. The first-order valence-corrected chi connectivity index (χ1v) is 28.1. The van der Waals surface area contributed by atoms with E-state index in [2.05, 4.69) is 134 Å². The number of hydrogen-bond acceptors (Lipinski definition) is 6. The van der Waals surface area contributed by atoms with E-state index in [0.29, 0.717) is 64.0 Å². The molecule has 0 amide bonds. The van der Waals surface area contributed by atoms with Crippen molar-refractivity contribution in [2.45, 2.75) is 45.4 Å². The van der Waals surface area contributed by atoms with Crippen molar-refractivity contribution in [1.29, 1.82) is 0 Å². The first-order chi connectivity index (χ1) is 41.7. The first-order valence-electron chi connectivity index (χ1n) is 28.1. The quantitative estimate of drug-likeness (QED) is 0.0376. The standard InChI is InChI=1S/C79H56O6/c1-5-9-11-19-61-44-45-62(69-21-14-13-20-68(61)69)39-34-57-28-30-58(31-29-57)36-43-66-53-73(79(85-78(82)8-4)72-23-16-15-22-70(66)72)67-46-48-71-63(47-49-75(74(71)54-67)84-77(81)7-3)40-35-56-26-24-55(25-27-56)32-33-60-38-42-64-51-59(37-41-65(64)52-60)18-12-10-17-50-83-76(80)6-2/h6-8,13-16,20-31,37-38,41-42,44-49,51-54H,2-5,9-11,17,19,50H2,1H3. The Kier molecular flexibility index (Phi) is 18.4. The van der Waals surface area contributed by atoms with E-state index >= 15 is 0 Å². The SMILES string of the molecule is C=CC(=O)OCCCC#Cc1ccc2cc(C#Cc3ccc(C#Cc4ccc(OC(=O)C=C)c5cc(-c6cc(C#Cc7ccc(C#Cc8ccc(CCCCC)c9ccccc89)cc7)c7ccccc7c6OC(=O)C=C)ccc45)cc3)ccc2c1. The van der Waals surface area contributed by atoms with Gasteiger partial charge >= 0.3 is 17.9 Å². The lowest BCUT2D eigenvalue weighted by Gasteiger charge is -2.16. The van der Waals surface area contributed by atoms with Gasteiger partial charge in [-0.05, 0) is 155 Å². The van der Waals surface area contributed by atoms with Crippen molar-refractivity contribution in [2.75, 3.05) is 6.61 Å². The summed E-state index contributed by atoms with van der Waals surface area (Å²) in [7, 11) is 0. The average molecular weight is 1100 g/mol. The minimum atomic E-state index is -0.622. The number of carbonyl (C=O) groups is 3. The fourth-order valence-electron chi connectivity index (χ4n) is 9.80. The number of rotatable bonds is 13. The molecule has 0 aliphatic heterocycles. The summed E-state index contributed by atoms with van der Waals surface area (Å²) in [6.45, 7) is 13.2. The Morgan fingerprint density at radius 1 is 0.424 bits per heavy atom. The van der Waals surface area contributed by atoms with Crippen LogP contribution in [0.25, 0.3) is 54.2 Å². The second-order valence-corrected chi connectivity index (χ2v) is 20.0. The highest BCUT2D eigenvalue weighted by molar-refractivity contribution is 6.04. The van der Waals surface area contributed by atoms with Crippen LogP contribution in [0.5, 0.6) is 11.5 Å². The number of benzene rings is 10. The van der Waals surface area contributed by atoms with Crippen LogP contribution in [0.2, 0.25) is 0 Å². The Hall–Kier alpha value is -11.3. The molecule has 0 heterocycles.